The van der Waals surface area contributed by atoms with Crippen LogP contribution in [-0.2, 0) is 0 Å². The third kappa shape index (κ3) is 3.46. The quantitative estimate of drug-likeness (QED) is 0.223. The van der Waals surface area contributed by atoms with Crippen LogP contribution in [0, 0.1) is 27.7 Å². The monoisotopic (exact) mass is 543 g/mol. The zero-order chi connectivity index (χ0) is 28.5. The lowest BCUT2D eigenvalue weighted by Gasteiger charge is -2.17. The molecule has 4 aromatic carbocycles. The fourth-order valence-corrected chi connectivity index (χ4v) is 6.52. The number of benzene rings is 4. The first kappa shape index (κ1) is 24.5. The van der Waals surface area contributed by atoms with Gasteiger partial charge in [-0.3, -0.25) is 14.1 Å². The molecule has 202 valence electrons. The maximum Gasteiger partial charge on any atom is 0.237 e. The van der Waals surface area contributed by atoms with E-state index >= 15 is 0 Å². The van der Waals surface area contributed by atoms with E-state index in [0.717, 1.165) is 61.7 Å². The zero-order valence-corrected chi connectivity index (χ0v) is 24.1. The number of aryl methyl sites for hydroxylation is 2. The van der Waals surface area contributed by atoms with Crippen molar-refractivity contribution in [2.24, 2.45) is 0 Å². The summed E-state index contributed by atoms with van der Waals surface area (Å²) in [6.45, 7) is 8.45. The van der Waals surface area contributed by atoms with Crippen molar-refractivity contribution in [3.05, 3.63) is 126 Å². The van der Waals surface area contributed by atoms with Gasteiger partial charge in [-0.05, 0) is 63.1 Å². The first-order valence-electron chi connectivity index (χ1n) is 14.3. The van der Waals surface area contributed by atoms with Crippen LogP contribution in [-0.4, -0.2) is 24.1 Å². The number of rotatable bonds is 3. The topological polar surface area (TPSA) is 48.5 Å². The molecule has 0 aliphatic carbocycles. The van der Waals surface area contributed by atoms with Crippen molar-refractivity contribution in [2.75, 3.05) is 0 Å². The SMILES string of the molecule is Cc1nc(C)c(C)c(-c2cc(-n3c4ccccc4c4ccccc43)nc(-n3c4ccccc4c4ccccc43)n2)c1C. The average Bonchev–Trinajstić information content (AvgIpc) is 3.53. The summed E-state index contributed by atoms with van der Waals surface area (Å²) in [5, 5.41) is 4.77. The van der Waals surface area contributed by atoms with Gasteiger partial charge < -0.3 is 0 Å². The van der Waals surface area contributed by atoms with E-state index in [1.165, 1.54) is 21.5 Å². The Bertz CT molecular complexity index is 2090. The summed E-state index contributed by atoms with van der Waals surface area (Å²) < 4.78 is 4.48. The molecule has 0 spiro atoms. The molecular weight excluding hydrogens is 514 g/mol. The second-order valence-corrected chi connectivity index (χ2v) is 11.1. The highest BCUT2D eigenvalue weighted by Gasteiger charge is 2.21. The van der Waals surface area contributed by atoms with Crippen LogP contribution in [0.2, 0.25) is 0 Å². The molecule has 0 aliphatic heterocycles. The summed E-state index contributed by atoms with van der Waals surface area (Å²) in [4.78, 5) is 15.5. The van der Waals surface area contributed by atoms with E-state index in [4.69, 9.17) is 15.0 Å². The number of hydrogen-bond donors (Lipinski definition) is 0. The molecular formula is C37H29N5. The van der Waals surface area contributed by atoms with Gasteiger partial charge in [0.1, 0.15) is 5.82 Å². The molecule has 5 heteroatoms. The Morgan fingerprint density at radius 2 is 0.857 bits per heavy atom. The minimum atomic E-state index is 0.646. The molecule has 4 aromatic heterocycles. The summed E-state index contributed by atoms with van der Waals surface area (Å²) in [6.07, 6.45) is 0. The molecule has 0 N–H and O–H groups in total. The first-order valence-corrected chi connectivity index (χ1v) is 14.3. The van der Waals surface area contributed by atoms with Gasteiger partial charge in [-0.15, -0.1) is 0 Å². The van der Waals surface area contributed by atoms with E-state index in [0.29, 0.717) is 5.95 Å². The smallest absolute Gasteiger partial charge is 0.237 e. The van der Waals surface area contributed by atoms with Gasteiger partial charge in [-0.1, -0.05) is 72.8 Å². The predicted octanol–water partition coefficient (Wildman–Crippen LogP) is 8.97. The van der Waals surface area contributed by atoms with Crippen LogP contribution in [0.4, 0.5) is 0 Å². The lowest BCUT2D eigenvalue weighted by atomic mass is 9.97. The second kappa shape index (κ2) is 9.11. The third-order valence-corrected chi connectivity index (χ3v) is 8.72. The Morgan fingerprint density at radius 3 is 1.31 bits per heavy atom. The summed E-state index contributed by atoms with van der Waals surface area (Å²) in [5.74, 6) is 1.48. The summed E-state index contributed by atoms with van der Waals surface area (Å²) in [7, 11) is 0. The third-order valence-electron chi connectivity index (χ3n) is 8.72. The molecule has 5 nitrogen and oxygen atoms in total. The molecule has 8 aromatic rings. The van der Waals surface area contributed by atoms with Gasteiger partial charge in [0.15, 0.2) is 0 Å². The van der Waals surface area contributed by atoms with Crippen molar-refractivity contribution >= 4 is 43.6 Å². The van der Waals surface area contributed by atoms with E-state index in [1.54, 1.807) is 0 Å². The molecule has 0 radical (unpaired) electrons. The average molecular weight is 544 g/mol. The van der Waals surface area contributed by atoms with Crippen LogP contribution in [0.5, 0.6) is 0 Å². The molecule has 8 rings (SSSR count). The van der Waals surface area contributed by atoms with Gasteiger partial charge in [0.25, 0.3) is 0 Å². The van der Waals surface area contributed by atoms with Crippen LogP contribution in [0.3, 0.4) is 0 Å². The van der Waals surface area contributed by atoms with Crippen LogP contribution >= 0.6 is 0 Å². The molecule has 4 heterocycles. The van der Waals surface area contributed by atoms with Gasteiger partial charge in [0.2, 0.25) is 5.95 Å². The predicted molar refractivity (Wildman–Crippen MR) is 173 cm³/mol. The Labute approximate surface area is 243 Å². The van der Waals surface area contributed by atoms with Crippen molar-refractivity contribution in [3.8, 4) is 23.0 Å². The highest BCUT2D eigenvalue weighted by Crippen LogP contribution is 2.36. The van der Waals surface area contributed by atoms with Crippen molar-refractivity contribution in [1.29, 1.82) is 0 Å². The van der Waals surface area contributed by atoms with Crippen molar-refractivity contribution in [1.82, 2.24) is 24.1 Å². The summed E-state index contributed by atoms with van der Waals surface area (Å²) >= 11 is 0. The van der Waals surface area contributed by atoms with Crippen LogP contribution < -0.4 is 0 Å². The number of fused-ring (bicyclic) bond motifs is 6. The van der Waals surface area contributed by atoms with E-state index in [-0.39, 0.29) is 0 Å². The number of hydrogen-bond acceptors (Lipinski definition) is 3. The highest BCUT2D eigenvalue weighted by atomic mass is 15.2. The molecule has 0 unspecified atom stereocenters. The Hall–Kier alpha value is -5.29. The molecule has 0 atom stereocenters. The normalized spacial score (nSPS) is 11.8. The number of pyridine rings is 1. The van der Waals surface area contributed by atoms with E-state index < -0.39 is 0 Å². The maximum atomic E-state index is 5.35. The molecule has 0 bridgehead atoms. The Balaban J connectivity index is 1.54. The maximum absolute atomic E-state index is 5.35. The second-order valence-electron chi connectivity index (χ2n) is 11.1. The van der Waals surface area contributed by atoms with E-state index in [9.17, 15) is 0 Å². The van der Waals surface area contributed by atoms with Crippen LogP contribution in [0.25, 0.3) is 66.6 Å². The standard InChI is InChI=1S/C37H29N5/c1-22-24(3)38-25(4)23(2)36(22)30-21-35(41-31-17-9-5-13-26(31)27-14-6-10-18-32(27)41)40-37(39-30)42-33-19-11-7-15-28(33)29-16-8-12-20-34(29)42/h5-21H,1-4H3. The first-order chi connectivity index (χ1) is 20.5. The molecule has 42 heavy (non-hydrogen) atoms. The van der Waals surface area contributed by atoms with Crippen molar-refractivity contribution in [3.63, 3.8) is 0 Å². The number of nitrogens with zero attached hydrogens (tertiary/aromatic N) is 5. The van der Waals surface area contributed by atoms with E-state index in [1.807, 2.05) is 0 Å². The van der Waals surface area contributed by atoms with Crippen molar-refractivity contribution in [2.45, 2.75) is 27.7 Å². The molecule has 0 aliphatic rings. The summed E-state index contributed by atoms with van der Waals surface area (Å²) in [5.41, 5.74) is 10.7. The highest BCUT2D eigenvalue weighted by molar-refractivity contribution is 6.10. The number of para-hydroxylation sites is 4. The van der Waals surface area contributed by atoms with Crippen molar-refractivity contribution < 1.29 is 0 Å². The summed E-state index contributed by atoms with van der Waals surface area (Å²) in [6, 6.07) is 36.3. The Kier molecular flexibility index (Phi) is 5.32. The fourth-order valence-electron chi connectivity index (χ4n) is 6.52. The fraction of sp³-hybridized carbons (Fsp3) is 0.108. The molecule has 0 saturated heterocycles. The van der Waals surface area contributed by atoms with Gasteiger partial charge >= 0.3 is 0 Å². The Morgan fingerprint density at radius 1 is 0.452 bits per heavy atom. The number of aromatic nitrogens is 5. The van der Waals surface area contributed by atoms with Crippen LogP contribution in [0.1, 0.15) is 22.5 Å². The van der Waals surface area contributed by atoms with Gasteiger partial charge in [-0.2, -0.15) is 4.98 Å². The van der Waals surface area contributed by atoms with Gasteiger partial charge in [0, 0.05) is 44.6 Å². The molecule has 0 fully saturated rings. The largest absolute Gasteiger partial charge is 0.294 e. The molecule has 0 saturated carbocycles. The zero-order valence-electron chi connectivity index (χ0n) is 24.1. The lowest BCUT2D eigenvalue weighted by molar-refractivity contribution is 0.948. The molecule has 0 amide bonds. The minimum absolute atomic E-state index is 0.646. The van der Waals surface area contributed by atoms with E-state index in [2.05, 4.69) is 140 Å². The van der Waals surface area contributed by atoms with Gasteiger partial charge in [-0.25, -0.2) is 4.98 Å². The van der Waals surface area contributed by atoms with Crippen LogP contribution in [0.15, 0.2) is 103 Å². The lowest BCUT2D eigenvalue weighted by Crippen LogP contribution is -2.09. The minimum Gasteiger partial charge on any atom is -0.294 e. The van der Waals surface area contributed by atoms with Gasteiger partial charge in [0.05, 0.1) is 27.8 Å².